The van der Waals surface area contributed by atoms with Gasteiger partial charge in [-0.25, -0.2) is 0 Å². The molecule has 0 spiro atoms. The van der Waals surface area contributed by atoms with Crippen LogP contribution in [-0.4, -0.2) is 41.6 Å². The van der Waals surface area contributed by atoms with Gasteiger partial charge in [0.05, 0.1) is 6.04 Å². The molecule has 0 aliphatic carbocycles. The molecule has 0 atom stereocenters. The lowest BCUT2D eigenvalue weighted by atomic mass is 10.1. The van der Waals surface area contributed by atoms with Gasteiger partial charge in [-0.1, -0.05) is 0 Å². The number of likely N-dealkylation sites (tertiary alicyclic amines) is 1. The number of hydrogen-bond acceptors (Lipinski definition) is 2. The van der Waals surface area contributed by atoms with E-state index >= 15 is 0 Å². The fraction of sp³-hybridized carbons (Fsp3) is 0.500. The molecule has 2 rings (SSSR count). The molecular weight excluding hydrogens is 258 g/mol. The van der Waals surface area contributed by atoms with E-state index in [4.69, 9.17) is 0 Å². The molecule has 15 heavy (non-hydrogen) atoms. The second kappa shape index (κ2) is 3.98. The Morgan fingerprint density at radius 1 is 1.53 bits per heavy atom. The van der Waals surface area contributed by atoms with Crippen LogP contribution < -0.4 is 5.32 Å². The van der Waals surface area contributed by atoms with Crippen LogP contribution in [0.25, 0.3) is 0 Å². The zero-order valence-electron chi connectivity index (χ0n) is 8.83. The predicted octanol–water partition coefficient (Wildman–Crippen LogP) is 0.831. The normalized spacial score (nSPS) is 17.5. The molecule has 1 amide bonds. The van der Waals surface area contributed by atoms with E-state index in [2.05, 4.69) is 26.1 Å². The first-order valence-corrected chi connectivity index (χ1v) is 5.67. The fourth-order valence-electron chi connectivity index (χ4n) is 1.80. The van der Waals surface area contributed by atoms with Gasteiger partial charge in [-0.05, 0) is 29.0 Å². The second-order valence-electron chi connectivity index (χ2n) is 4.05. The number of rotatable bonds is 2. The van der Waals surface area contributed by atoms with Crippen LogP contribution in [0, 0.1) is 0 Å². The summed E-state index contributed by atoms with van der Waals surface area (Å²) in [5.41, 5.74) is 0.691. The van der Waals surface area contributed by atoms with Gasteiger partial charge >= 0.3 is 0 Å². The van der Waals surface area contributed by atoms with E-state index in [1.165, 1.54) is 0 Å². The highest BCUT2D eigenvalue weighted by atomic mass is 79.9. The van der Waals surface area contributed by atoms with Crippen molar-refractivity contribution in [2.24, 2.45) is 7.05 Å². The molecule has 1 aliphatic heterocycles. The highest BCUT2D eigenvalue weighted by Gasteiger charge is 2.25. The van der Waals surface area contributed by atoms with Crippen molar-refractivity contribution in [1.82, 2.24) is 14.8 Å². The summed E-state index contributed by atoms with van der Waals surface area (Å²) in [4.78, 5) is 14.0. The third kappa shape index (κ3) is 2.23. The molecule has 1 N–H and O–H groups in total. The fourth-order valence-corrected chi connectivity index (χ4v) is 2.32. The van der Waals surface area contributed by atoms with Gasteiger partial charge in [-0.3, -0.25) is 4.79 Å². The molecule has 1 aromatic heterocycles. The Morgan fingerprint density at radius 3 is 2.67 bits per heavy atom. The Bertz CT molecular complexity index is 382. The molecule has 5 heteroatoms. The van der Waals surface area contributed by atoms with Crippen LogP contribution in [0.2, 0.25) is 0 Å². The van der Waals surface area contributed by atoms with E-state index in [9.17, 15) is 4.79 Å². The van der Waals surface area contributed by atoms with Crippen molar-refractivity contribution in [1.29, 1.82) is 0 Å². The number of nitrogens with one attached hydrogen (secondary N) is 1. The number of likely N-dealkylation sites (N-methyl/N-ethyl adjacent to an activating group) is 1. The molecular formula is C10H14BrN3O. The molecule has 2 heterocycles. The van der Waals surface area contributed by atoms with Crippen LogP contribution in [0.15, 0.2) is 16.7 Å². The summed E-state index contributed by atoms with van der Waals surface area (Å²) < 4.78 is 2.75. The second-order valence-corrected chi connectivity index (χ2v) is 4.96. The molecule has 0 unspecified atom stereocenters. The molecule has 82 valence electrons. The first-order valence-electron chi connectivity index (χ1n) is 4.87. The number of carbonyl (C=O) groups is 1. The molecule has 0 saturated carbocycles. The van der Waals surface area contributed by atoms with E-state index < -0.39 is 0 Å². The first-order chi connectivity index (χ1) is 7.06. The van der Waals surface area contributed by atoms with E-state index in [0.717, 1.165) is 17.6 Å². The average Bonchev–Trinajstić information content (AvgIpc) is 2.42. The zero-order chi connectivity index (χ0) is 11.0. The number of amides is 1. The van der Waals surface area contributed by atoms with Crippen molar-refractivity contribution in [2.75, 3.05) is 20.1 Å². The van der Waals surface area contributed by atoms with Crippen molar-refractivity contribution < 1.29 is 4.79 Å². The Kier molecular flexibility index (Phi) is 2.84. The van der Waals surface area contributed by atoms with Crippen molar-refractivity contribution in [3.63, 3.8) is 0 Å². The first kappa shape index (κ1) is 10.7. The summed E-state index contributed by atoms with van der Waals surface area (Å²) in [6, 6.07) is 2.13. The summed E-state index contributed by atoms with van der Waals surface area (Å²) in [5, 5.41) is 2.99. The molecule has 4 nitrogen and oxygen atoms in total. The maximum Gasteiger partial charge on any atom is 0.268 e. The van der Waals surface area contributed by atoms with Crippen molar-refractivity contribution in [3.8, 4) is 0 Å². The highest BCUT2D eigenvalue weighted by molar-refractivity contribution is 9.10. The molecule has 1 saturated heterocycles. The third-order valence-corrected chi connectivity index (χ3v) is 3.04. The van der Waals surface area contributed by atoms with Crippen LogP contribution >= 0.6 is 15.9 Å². The smallest absolute Gasteiger partial charge is 0.268 e. The molecule has 0 radical (unpaired) electrons. The standard InChI is InChI=1S/C10H14BrN3O/c1-13-5-8(6-13)12-10(15)9-3-7(11)4-14(9)2/h3-4,8H,5-6H2,1-2H3,(H,12,15). The Hall–Kier alpha value is -0.810. The molecule has 1 aromatic rings. The zero-order valence-corrected chi connectivity index (χ0v) is 10.4. The van der Waals surface area contributed by atoms with Gasteiger partial charge in [0, 0.05) is 30.8 Å². The van der Waals surface area contributed by atoms with Crippen molar-refractivity contribution in [2.45, 2.75) is 6.04 Å². The van der Waals surface area contributed by atoms with Crippen molar-refractivity contribution >= 4 is 21.8 Å². The third-order valence-electron chi connectivity index (χ3n) is 2.60. The maximum atomic E-state index is 11.8. The minimum atomic E-state index is 0.00120. The van der Waals surface area contributed by atoms with Crippen molar-refractivity contribution in [3.05, 3.63) is 22.4 Å². The predicted molar refractivity (Wildman–Crippen MR) is 61.9 cm³/mol. The summed E-state index contributed by atoms with van der Waals surface area (Å²) in [7, 11) is 3.91. The van der Waals surface area contributed by atoms with Gasteiger partial charge in [0.25, 0.3) is 5.91 Å². The summed E-state index contributed by atoms with van der Waals surface area (Å²) in [6.07, 6.45) is 1.88. The van der Waals surface area contributed by atoms with Crippen LogP contribution in [0.1, 0.15) is 10.5 Å². The molecule has 0 bridgehead atoms. The van der Waals surface area contributed by atoms with E-state index in [1.54, 1.807) is 0 Å². The quantitative estimate of drug-likeness (QED) is 0.866. The summed E-state index contributed by atoms with van der Waals surface area (Å²) >= 11 is 3.35. The van der Waals surface area contributed by atoms with Crippen LogP contribution in [0.4, 0.5) is 0 Å². The van der Waals surface area contributed by atoms with Gasteiger partial charge in [-0.15, -0.1) is 0 Å². The van der Waals surface area contributed by atoms with Crippen LogP contribution in [0.3, 0.4) is 0 Å². The van der Waals surface area contributed by atoms with E-state index in [-0.39, 0.29) is 5.91 Å². The highest BCUT2D eigenvalue weighted by Crippen LogP contribution is 2.14. The monoisotopic (exact) mass is 271 g/mol. The lowest BCUT2D eigenvalue weighted by Gasteiger charge is -2.36. The molecule has 0 aromatic carbocycles. The topological polar surface area (TPSA) is 37.3 Å². The largest absolute Gasteiger partial charge is 0.345 e. The minimum Gasteiger partial charge on any atom is -0.345 e. The Balaban J connectivity index is 1.99. The van der Waals surface area contributed by atoms with Gasteiger partial charge in [0.2, 0.25) is 0 Å². The van der Waals surface area contributed by atoms with Gasteiger partial charge in [0.15, 0.2) is 0 Å². The lowest BCUT2D eigenvalue weighted by Crippen LogP contribution is -2.57. The number of nitrogens with zero attached hydrogens (tertiary/aromatic N) is 2. The van der Waals surface area contributed by atoms with Crippen LogP contribution in [0.5, 0.6) is 0 Å². The molecule has 1 fully saturated rings. The van der Waals surface area contributed by atoms with E-state index in [0.29, 0.717) is 11.7 Å². The molecule has 1 aliphatic rings. The average molecular weight is 272 g/mol. The van der Waals surface area contributed by atoms with Gasteiger partial charge < -0.3 is 14.8 Å². The number of aromatic nitrogens is 1. The minimum absolute atomic E-state index is 0.00120. The SMILES string of the molecule is CN1CC(NC(=O)c2cc(Br)cn2C)C1. The van der Waals surface area contributed by atoms with Gasteiger partial charge in [-0.2, -0.15) is 0 Å². The number of carbonyl (C=O) groups excluding carboxylic acids is 1. The van der Waals surface area contributed by atoms with Gasteiger partial charge in [0.1, 0.15) is 5.69 Å². The number of halogens is 1. The lowest BCUT2D eigenvalue weighted by molar-refractivity contribution is 0.0849. The van der Waals surface area contributed by atoms with Crippen LogP contribution in [-0.2, 0) is 7.05 Å². The summed E-state index contributed by atoms with van der Waals surface area (Å²) in [6.45, 7) is 1.88. The number of aryl methyl sites for hydroxylation is 1. The maximum absolute atomic E-state index is 11.8. The Labute approximate surface area is 97.4 Å². The number of hydrogen-bond donors (Lipinski definition) is 1. The summed E-state index contributed by atoms with van der Waals surface area (Å²) in [5.74, 6) is 0.00120. The van der Waals surface area contributed by atoms with E-state index in [1.807, 2.05) is 30.9 Å². The Morgan fingerprint density at radius 2 is 2.20 bits per heavy atom.